The Balaban J connectivity index is 2.23. The van der Waals surface area contributed by atoms with Gasteiger partial charge in [-0.25, -0.2) is 4.68 Å². The van der Waals surface area contributed by atoms with Crippen LogP contribution in [0.2, 0.25) is 0 Å². The van der Waals surface area contributed by atoms with Crippen molar-refractivity contribution in [3.05, 3.63) is 11.3 Å². The van der Waals surface area contributed by atoms with Crippen LogP contribution < -0.4 is 4.74 Å². The lowest BCUT2D eigenvalue weighted by Crippen LogP contribution is -2.18. The van der Waals surface area contributed by atoms with Gasteiger partial charge in [0.1, 0.15) is 17.7 Å². The molecule has 0 bridgehead atoms. The molecule has 1 fully saturated rings. The Hall–Kier alpha value is -1.54. The van der Waals surface area contributed by atoms with Gasteiger partial charge in [-0.1, -0.05) is 0 Å². The second-order valence-electron chi connectivity index (χ2n) is 3.60. The first-order valence-corrected chi connectivity index (χ1v) is 4.90. The summed E-state index contributed by atoms with van der Waals surface area (Å²) in [6.45, 7) is 3.12. The smallest absolute Gasteiger partial charge is 0.230 e. The lowest BCUT2D eigenvalue weighted by atomic mass is 10.2. The molecule has 15 heavy (non-hydrogen) atoms. The third kappa shape index (κ3) is 1.81. The van der Waals surface area contributed by atoms with E-state index < -0.39 is 0 Å². The van der Waals surface area contributed by atoms with Crippen LogP contribution in [0.4, 0.5) is 0 Å². The van der Waals surface area contributed by atoms with E-state index in [-0.39, 0.29) is 6.10 Å². The largest absolute Gasteiger partial charge is 0.471 e. The van der Waals surface area contributed by atoms with Gasteiger partial charge in [-0.2, -0.15) is 10.4 Å². The van der Waals surface area contributed by atoms with Gasteiger partial charge >= 0.3 is 0 Å². The average molecular weight is 207 g/mol. The first kappa shape index (κ1) is 9.99. The van der Waals surface area contributed by atoms with E-state index in [0.29, 0.717) is 23.7 Å². The van der Waals surface area contributed by atoms with Crippen LogP contribution in [-0.4, -0.2) is 29.1 Å². The Morgan fingerprint density at radius 3 is 3.07 bits per heavy atom. The number of aromatic nitrogens is 2. The van der Waals surface area contributed by atoms with Gasteiger partial charge in [0.15, 0.2) is 0 Å². The first-order valence-electron chi connectivity index (χ1n) is 4.90. The molecule has 2 heterocycles. The zero-order chi connectivity index (χ0) is 10.8. The molecule has 5 heteroatoms. The number of aryl methyl sites for hydroxylation is 2. The first-order chi connectivity index (χ1) is 7.22. The SMILES string of the molecule is Cc1nn(C)c(OC2CCOC2)c1C#N. The van der Waals surface area contributed by atoms with Gasteiger partial charge in [0, 0.05) is 13.5 Å². The Morgan fingerprint density at radius 2 is 2.47 bits per heavy atom. The minimum Gasteiger partial charge on any atom is -0.471 e. The number of hydrogen-bond acceptors (Lipinski definition) is 4. The molecule has 0 amide bonds. The summed E-state index contributed by atoms with van der Waals surface area (Å²) >= 11 is 0. The van der Waals surface area contributed by atoms with E-state index in [1.165, 1.54) is 0 Å². The molecule has 0 radical (unpaired) electrons. The molecular weight excluding hydrogens is 194 g/mol. The van der Waals surface area contributed by atoms with Crippen molar-refractivity contribution in [2.75, 3.05) is 13.2 Å². The van der Waals surface area contributed by atoms with Crippen molar-refractivity contribution in [2.24, 2.45) is 7.05 Å². The van der Waals surface area contributed by atoms with Crippen molar-refractivity contribution >= 4 is 0 Å². The highest BCUT2D eigenvalue weighted by Crippen LogP contribution is 2.23. The minimum atomic E-state index is 0.0481. The number of rotatable bonds is 2. The summed E-state index contributed by atoms with van der Waals surface area (Å²) in [6, 6.07) is 2.11. The van der Waals surface area contributed by atoms with Crippen LogP contribution in [0.1, 0.15) is 17.7 Å². The van der Waals surface area contributed by atoms with Crippen molar-refractivity contribution in [3.8, 4) is 11.9 Å². The maximum absolute atomic E-state index is 8.97. The molecule has 1 aliphatic rings. The molecular formula is C10H13N3O2. The Morgan fingerprint density at radius 1 is 1.67 bits per heavy atom. The molecule has 0 aliphatic carbocycles. The summed E-state index contributed by atoms with van der Waals surface area (Å²) in [4.78, 5) is 0. The zero-order valence-corrected chi connectivity index (χ0v) is 8.86. The number of ether oxygens (including phenoxy) is 2. The van der Waals surface area contributed by atoms with Crippen molar-refractivity contribution in [3.63, 3.8) is 0 Å². The van der Waals surface area contributed by atoms with E-state index in [9.17, 15) is 0 Å². The maximum atomic E-state index is 8.97. The lowest BCUT2D eigenvalue weighted by molar-refractivity contribution is 0.134. The van der Waals surface area contributed by atoms with Crippen LogP contribution in [0, 0.1) is 18.3 Å². The normalized spacial score (nSPS) is 20.2. The molecule has 1 aliphatic heterocycles. The molecule has 1 aromatic rings. The maximum Gasteiger partial charge on any atom is 0.230 e. The number of hydrogen-bond donors (Lipinski definition) is 0. The summed E-state index contributed by atoms with van der Waals surface area (Å²) in [5, 5.41) is 13.1. The fourth-order valence-corrected chi connectivity index (χ4v) is 1.66. The van der Waals surface area contributed by atoms with Crippen LogP contribution in [-0.2, 0) is 11.8 Å². The van der Waals surface area contributed by atoms with Crippen molar-refractivity contribution < 1.29 is 9.47 Å². The van der Waals surface area contributed by atoms with Gasteiger partial charge in [-0.3, -0.25) is 0 Å². The van der Waals surface area contributed by atoms with Crippen LogP contribution in [0.5, 0.6) is 5.88 Å². The molecule has 0 saturated carbocycles. The molecule has 0 spiro atoms. The van der Waals surface area contributed by atoms with Crippen LogP contribution >= 0.6 is 0 Å². The minimum absolute atomic E-state index is 0.0481. The van der Waals surface area contributed by atoms with Crippen molar-refractivity contribution in [2.45, 2.75) is 19.4 Å². The van der Waals surface area contributed by atoms with E-state index in [1.807, 2.05) is 0 Å². The van der Waals surface area contributed by atoms with E-state index >= 15 is 0 Å². The standard InChI is InChI=1S/C10H13N3O2/c1-7-9(5-11)10(13(2)12-7)15-8-3-4-14-6-8/h8H,3-4,6H2,1-2H3. The predicted octanol–water partition coefficient (Wildman–Crippen LogP) is 0.768. The molecule has 2 rings (SSSR count). The summed E-state index contributed by atoms with van der Waals surface area (Å²) in [6.07, 6.45) is 0.918. The van der Waals surface area contributed by atoms with Crippen LogP contribution in [0.15, 0.2) is 0 Å². The summed E-state index contributed by atoms with van der Waals surface area (Å²) in [7, 11) is 1.78. The summed E-state index contributed by atoms with van der Waals surface area (Å²) < 4.78 is 12.5. The number of nitriles is 1. The molecule has 0 aromatic carbocycles. The van der Waals surface area contributed by atoms with E-state index in [4.69, 9.17) is 14.7 Å². The highest BCUT2D eigenvalue weighted by molar-refractivity contribution is 5.42. The van der Waals surface area contributed by atoms with Gasteiger partial charge in [0.25, 0.3) is 0 Å². The van der Waals surface area contributed by atoms with Gasteiger partial charge in [0.2, 0.25) is 5.88 Å². The molecule has 1 unspecified atom stereocenters. The molecule has 0 N–H and O–H groups in total. The fourth-order valence-electron chi connectivity index (χ4n) is 1.66. The Kier molecular flexibility index (Phi) is 2.60. The molecule has 1 aromatic heterocycles. The molecule has 80 valence electrons. The average Bonchev–Trinajstić information content (AvgIpc) is 2.77. The number of nitrogens with zero attached hydrogens (tertiary/aromatic N) is 3. The van der Waals surface area contributed by atoms with Crippen LogP contribution in [0.3, 0.4) is 0 Å². The quantitative estimate of drug-likeness (QED) is 0.718. The van der Waals surface area contributed by atoms with Gasteiger partial charge in [0.05, 0.1) is 18.9 Å². The van der Waals surface area contributed by atoms with Crippen molar-refractivity contribution in [1.82, 2.24) is 9.78 Å². The van der Waals surface area contributed by atoms with Crippen LogP contribution in [0.25, 0.3) is 0 Å². The summed E-state index contributed by atoms with van der Waals surface area (Å²) in [5.74, 6) is 0.547. The monoisotopic (exact) mass is 207 g/mol. The van der Waals surface area contributed by atoms with E-state index in [0.717, 1.165) is 13.0 Å². The van der Waals surface area contributed by atoms with E-state index in [2.05, 4.69) is 11.2 Å². The zero-order valence-electron chi connectivity index (χ0n) is 8.86. The highest BCUT2D eigenvalue weighted by atomic mass is 16.6. The third-order valence-electron chi connectivity index (χ3n) is 2.45. The van der Waals surface area contributed by atoms with Gasteiger partial charge < -0.3 is 9.47 Å². The van der Waals surface area contributed by atoms with Gasteiger partial charge in [-0.05, 0) is 6.92 Å². The topological polar surface area (TPSA) is 60.1 Å². The summed E-state index contributed by atoms with van der Waals surface area (Å²) in [5.41, 5.74) is 1.22. The molecule has 5 nitrogen and oxygen atoms in total. The highest BCUT2D eigenvalue weighted by Gasteiger charge is 2.22. The Bertz CT molecular complexity index is 400. The van der Waals surface area contributed by atoms with Gasteiger partial charge in [-0.15, -0.1) is 0 Å². The Labute approximate surface area is 88.2 Å². The molecule has 1 atom stereocenters. The van der Waals surface area contributed by atoms with E-state index in [1.54, 1.807) is 18.7 Å². The fraction of sp³-hybridized carbons (Fsp3) is 0.600. The second-order valence-corrected chi connectivity index (χ2v) is 3.60. The predicted molar refractivity (Wildman–Crippen MR) is 52.5 cm³/mol. The second kappa shape index (κ2) is 3.91. The third-order valence-corrected chi connectivity index (χ3v) is 2.45. The van der Waals surface area contributed by atoms with Crippen molar-refractivity contribution in [1.29, 1.82) is 5.26 Å². The lowest BCUT2D eigenvalue weighted by Gasteiger charge is -2.11. The molecule has 1 saturated heterocycles.